The summed E-state index contributed by atoms with van der Waals surface area (Å²) in [6.45, 7) is 7.29. The molecule has 2 atom stereocenters. The molecule has 2 unspecified atom stereocenters. The zero-order chi connectivity index (χ0) is 15.8. The standard InChI is InChI=1S/C19H26N4/c1-13-3-5-16(6-4-13)19(17-7-8-17)21-11-15-10-20-18-9-14(2)22-23(18)12-15/h3-6,9,15,17,19-21H,7-8,10-12H2,1-2H3. The van der Waals surface area contributed by atoms with Gasteiger partial charge in [-0.05, 0) is 38.2 Å². The van der Waals surface area contributed by atoms with E-state index in [2.05, 4.69) is 64.6 Å². The van der Waals surface area contributed by atoms with E-state index < -0.39 is 0 Å². The Balaban J connectivity index is 1.40. The van der Waals surface area contributed by atoms with Crippen molar-refractivity contribution in [1.82, 2.24) is 15.1 Å². The Bertz CT molecular complexity index is 669. The summed E-state index contributed by atoms with van der Waals surface area (Å²) in [4.78, 5) is 0. The van der Waals surface area contributed by atoms with Crippen LogP contribution in [-0.4, -0.2) is 22.9 Å². The van der Waals surface area contributed by atoms with Gasteiger partial charge in [-0.3, -0.25) is 0 Å². The molecule has 0 saturated heterocycles. The second kappa shape index (κ2) is 6.00. The molecule has 1 aliphatic heterocycles. The fourth-order valence-corrected chi connectivity index (χ4v) is 3.58. The third-order valence-corrected chi connectivity index (χ3v) is 5.06. The van der Waals surface area contributed by atoms with Gasteiger partial charge in [-0.25, -0.2) is 4.68 Å². The van der Waals surface area contributed by atoms with Crippen molar-refractivity contribution >= 4 is 5.82 Å². The normalized spacial score (nSPS) is 21.6. The highest BCUT2D eigenvalue weighted by molar-refractivity contribution is 5.38. The van der Waals surface area contributed by atoms with Gasteiger partial charge in [0.15, 0.2) is 0 Å². The summed E-state index contributed by atoms with van der Waals surface area (Å²) in [6, 6.07) is 11.7. The molecule has 1 aromatic heterocycles. The highest BCUT2D eigenvalue weighted by Gasteiger charge is 2.32. The largest absolute Gasteiger partial charge is 0.370 e. The summed E-state index contributed by atoms with van der Waals surface area (Å²) in [5.74, 6) is 2.57. The lowest BCUT2D eigenvalue weighted by Gasteiger charge is -2.28. The molecule has 4 nitrogen and oxygen atoms in total. The number of nitrogens with zero attached hydrogens (tertiary/aromatic N) is 2. The maximum atomic E-state index is 4.57. The van der Waals surface area contributed by atoms with E-state index in [9.17, 15) is 0 Å². The second-order valence-electron chi connectivity index (χ2n) is 7.23. The van der Waals surface area contributed by atoms with Gasteiger partial charge >= 0.3 is 0 Å². The van der Waals surface area contributed by atoms with E-state index in [1.165, 1.54) is 24.0 Å². The number of anilines is 1. The summed E-state index contributed by atoms with van der Waals surface area (Å²) in [7, 11) is 0. The van der Waals surface area contributed by atoms with Crippen LogP contribution in [0.4, 0.5) is 5.82 Å². The molecular weight excluding hydrogens is 284 g/mol. The van der Waals surface area contributed by atoms with Crippen LogP contribution in [-0.2, 0) is 6.54 Å². The van der Waals surface area contributed by atoms with Gasteiger partial charge in [0.05, 0.1) is 5.69 Å². The first kappa shape index (κ1) is 14.8. The van der Waals surface area contributed by atoms with Crippen molar-refractivity contribution in [2.75, 3.05) is 18.4 Å². The van der Waals surface area contributed by atoms with E-state index in [0.717, 1.165) is 37.1 Å². The van der Waals surface area contributed by atoms with E-state index in [1.807, 2.05) is 0 Å². The fraction of sp³-hybridized carbons (Fsp3) is 0.526. The summed E-state index contributed by atoms with van der Waals surface area (Å²) < 4.78 is 2.11. The third kappa shape index (κ3) is 3.27. The number of aryl methyl sites for hydroxylation is 2. The quantitative estimate of drug-likeness (QED) is 0.890. The summed E-state index contributed by atoms with van der Waals surface area (Å²) in [5.41, 5.74) is 3.87. The Hall–Kier alpha value is -1.81. The van der Waals surface area contributed by atoms with Crippen LogP contribution >= 0.6 is 0 Å². The molecule has 2 aromatic rings. The van der Waals surface area contributed by atoms with Crippen LogP contribution in [0.25, 0.3) is 0 Å². The van der Waals surface area contributed by atoms with E-state index in [1.54, 1.807) is 0 Å². The first-order valence-corrected chi connectivity index (χ1v) is 8.77. The molecule has 0 amide bonds. The second-order valence-corrected chi connectivity index (χ2v) is 7.23. The fourth-order valence-electron chi connectivity index (χ4n) is 3.58. The van der Waals surface area contributed by atoms with Crippen LogP contribution in [0.15, 0.2) is 30.3 Å². The maximum Gasteiger partial charge on any atom is 0.124 e. The van der Waals surface area contributed by atoms with Crippen molar-refractivity contribution in [2.45, 2.75) is 39.3 Å². The monoisotopic (exact) mass is 310 g/mol. The van der Waals surface area contributed by atoms with Crippen molar-refractivity contribution < 1.29 is 0 Å². The zero-order valence-electron chi connectivity index (χ0n) is 14.0. The average Bonchev–Trinajstić information content (AvgIpc) is 3.30. The topological polar surface area (TPSA) is 41.9 Å². The molecule has 4 heteroatoms. The van der Waals surface area contributed by atoms with Gasteiger partial charge in [0.1, 0.15) is 5.82 Å². The van der Waals surface area contributed by atoms with Gasteiger partial charge in [-0.2, -0.15) is 5.10 Å². The van der Waals surface area contributed by atoms with E-state index in [-0.39, 0.29) is 0 Å². The highest BCUT2D eigenvalue weighted by Crippen LogP contribution is 2.41. The lowest BCUT2D eigenvalue weighted by atomic mass is 9.99. The molecule has 23 heavy (non-hydrogen) atoms. The van der Waals surface area contributed by atoms with E-state index in [0.29, 0.717) is 12.0 Å². The van der Waals surface area contributed by atoms with Gasteiger partial charge in [0.2, 0.25) is 0 Å². The van der Waals surface area contributed by atoms with Crippen LogP contribution < -0.4 is 10.6 Å². The summed E-state index contributed by atoms with van der Waals surface area (Å²) in [5, 5.41) is 11.9. The van der Waals surface area contributed by atoms with E-state index >= 15 is 0 Å². The molecule has 1 aliphatic carbocycles. The molecule has 4 rings (SSSR count). The molecule has 1 aromatic carbocycles. The maximum absolute atomic E-state index is 4.57. The van der Waals surface area contributed by atoms with Gasteiger partial charge in [-0.1, -0.05) is 29.8 Å². The number of hydrogen-bond donors (Lipinski definition) is 2. The lowest BCUT2D eigenvalue weighted by molar-refractivity contribution is 0.358. The lowest BCUT2D eigenvalue weighted by Crippen LogP contribution is -2.37. The molecular formula is C19H26N4. The molecule has 2 N–H and O–H groups in total. The number of aromatic nitrogens is 2. The van der Waals surface area contributed by atoms with Crippen molar-refractivity contribution in [3.8, 4) is 0 Å². The van der Waals surface area contributed by atoms with Crippen molar-refractivity contribution in [3.05, 3.63) is 47.2 Å². The number of nitrogens with one attached hydrogen (secondary N) is 2. The highest BCUT2D eigenvalue weighted by atomic mass is 15.3. The van der Waals surface area contributed by atoms with Crippen LogP contribution in [0.1, 0.15) is 35.7 Å². The van der Waals surface area contributed by atoms with Gasteiger partial charge in [-0.15, -0.1) is 0 Å². The molecule has 122 valence electrons. The van der Waals surface area contributed by atoms with Crippen LogP contribution in [0.2, 0.25) is 0 Å². The zero-order valence-corrected chi connectivity index (χ0v) is 14.0. The number of rotatable bonds is 5. The first-order chi connectivity index (χ1) is 11.2. The third-order valence-electron chi connectivity index (χ3n) is 5.06. The molecule has 0 spiro atoms. The summed E-state index contributed by atoms with van der Waals surface area (Å²) in [6.07, 6.45) is 2.72. The molecule has 2 heterocycles. The Morgan fingerprint density at radius 1 is 1.26 bits per heavy atom. The molecule has 2 aliphatic rings. The van der Waals surface area contributed by atoms with Crippen LogP contribution in [0.3, 0.4) is 0 Å². The van der Waals surface area contributed by atoms with Gasteiger partial charge < -0.3 is 10.6 Å². The SMILES string of the molecule is Cc1ccc(C(NCC2CNc3cc(C)nn3C2)C2CC2)cc1. The Morgan fingerprint density at radius 3 is 2.78 bits per heavy atom. The van der Waals surface area contributed by atoms with Crippen molar-refractivity contribution in [1.29, 1.82) is 0 Å². The molecule has 1 fully saturated rings. The molecule has 1 saturated carbocycles. The summed E-state index contributed by atoms with van der Waals surface area (Å²) >= 11 is 0. The Morgan fingerprint density at radius 2 is 2.04 bits per heavy atom. The van der Waals surface area contributed by atoms with Gasteiger partial charge in [0.25, 0.3) is 0 Å². The Kier molecular flexibility index (Phi) is 3.85. The number of fused-ring (bicyclic) bond motifs is 1. The van der Waals surface area contributed by atoms with Crippen molar-refractivity contribution in [2.24, 2.45) is 11.8 Å². The molecule has 0 radical (unpaired) electrons. The van der Waals surface area contributed by atoms with Crippen LogP contribution in [0.5, 0.6) is 0 Å². The minimum absolute atomic E-state index is 0.511. The average molecular weight is 310 g/mol. The minimum atomic E-state index is 0.511. The Labute approximate surface area is 138 Å². The predicted octanol–water partition coefficient (Wildman–Crippen LogP) is 3.28. The minimum Gasteiger partial charge on any atom is -0.370 e. The smallest absolute Gasteiger partial charge is 0.124 e. The van der Waals surface area contributed by atoms with Crippen LogP contribution in [0, 0.1) is 25.7 Å². The first-order valence-electron chi connectivity index (χ1n) is 8.77. The van der Waals surface area contributed by atoms with E-state index in [4.69, 9.17) is 0 Å². The predicted molar refractivity (Wildman–Crippen MR) is 93.6 cm³/mol. The van der Waals surface area contributed by atoms with Crippen molar-refractivity contribution in [3.63, 3.8) is 0 Å². The van der Waals surface area contributed by atoms with Gasteiger partial charge in [0, 0.05) is 37.7 Å². The number of hydrogen-bond acceptors (Lipinski definition) is 3. The molecule has 0 bridgehead atoms. The number of benzene rings is 1.